The smallest absolute Gasteiger partial charge is 0.254 e. The van der Waals surface area contributed by atoms with Crippen LogP contribution in [0.2, 0.25) is 5.02 Å². The summed E-state index contributed by atoms with van der Waals surface area (Å²) in [5, 5.41) is 3.36. The van der Waals surface area contributed by atoms with E-state index in [1.165, 1.54) is 18.2 Å². The number of halogens is 2. The van der Waals surface area contributed by atoms with Gasteiger partial charge in [-0.3, -0.25) is 9.59 Å². The van der Waals surface area contributed by atoms with Gasteiger partial charge in [0.2, 0.25) is 5.91 Å². The number of hydrogen-bond donors (Lipinski definition) is 2. The van der Waals surface area contributed by atoms with Crippen molar-refractivity contribution in [2.75, 3.05) is 0 Å². The highest BCUT2D eigenvalue weighted by atomic mass is 35.5. The lowest BCUT2D eigenvalue weighted by atomic mass is 9.46. The molecule has 3 N–H and O–H groups in total. The first kappa shape index (κ1) is 15.9. The Balaban J connectivity index is 1.63. The SMILES string of the molecule is NC(=O)C12CC3CC(CC(NC(=O)c4cc(Cl)ccc4F)(C3)C1)C2. The van der Waals surface area contributed by atoms with Crippen LogP contribution in [0.5, 0.6) is 0 Å². The molecule has 5 rings (SSSR count). The number of carbonyl (C=O) groups excluding carboxylic acids is 2. The number of nitrogens with one attached hydrogen (secondary N) is 1. The maximum Gasteiger partial charge on any atom is 0.254 e. The van der Waals surface area contributed by atoms with Gasteiger partial charge >= 0.3 is 0 Å². The van der Waals surface area contributed by atoms with Gasteiger partial charge in [-0.2, -0.15) is 0 Å². The van der Waals surface area contributed by atoms with Crippen molar-refractivity contribution >= 4 is 23.4 Å². The van der Waals surface area contributed by atoms with E-state index in [0.29, 0.717) is 23.3 Å². The van der Waals surface area contributed by atoms with Gasteiger partial charge in [-0.1, -0.05) is 11.6 Å². The van der Waals surface area contributed by atoms with E-state index in [-0.39, 0.29) is 11.5 Å². The van der Waals surface area contributed by atoms with E-state index in [4.69, 9.17) is 17.3 Å². The van der Waals surface area contributed by atoms with Gasteiger partial charge in [0.1, 0.15) is 5.82 Å². The van der Waals surface area contributed by atoms with E-state index in [2.05, 4.69) is 5.32 Å². The van der Waals surface area contributed by atoms with Crippen molar-refractivity contribution in [3.05, 3.63) is 34.6 Å². The van der Waals surface area contributed by atoms with Gasteiger partial charge < -0.3 is 11.1 Å². The molecule has 24 heavy (non-hydrogen) atoms. The molecule has 0 aliphatic heterocycles. The standard InChI is InChI=1S/C18H20ClFN2O2/c19-12-1-2-14(20)13(4-12)15(23)22-18-7-10-3-11(8-18)6-17(5-10,9-18)16(21)24/h1-2,4,10-11H,3,5-9H2,(H2,21,24)(H,22,23). The van der Waals surface area contributed by atoms with Crippen molar-refractivity contribution < 1.29 is 14.0 Å². The first-order chi connectivity index (χ1) is 11.3. The molecule has 0 saturated heterocycles. The van der Waals surface area contributed by atoms with Crippen LogP contribution in [0.1, 0.15) is 48.9 Å². The normalized spacial score (nSPS) is 36.6. The maximum absolute atomic E-state index is 14.0. The lowest BCUT2D eigenvalue weighted by Gasteiger charge is -2.61. The Morgan fingerprint density at radius 3 is 2.50 bits per heavy atom. The van der Waals surface area contributed by atoms with Crippen LogP contribution in [0.3, 0.4) is 0 Å². The average Bonchev–Trinajstić information content (AvgIpc) is 2.47. The second kappa shape index (κ2) is 5.19. The zero-order chi connectivity index (χ0) is 17.1. The van der Waals surface area contributed by atoms with E-state index in [1.807, 2.05) is 0 Å². The Hall–Kier alpha value is -1.62. The van der Waals surface area contributed by atoms with Gasteiger partial charge in [-0.15, -0.1) is 0 Å². The molecule has 4 saturated carbocycles. The van der Waals surface area contributed by atoms with Crippen LogP contribution in [-0.4, -0.2) is 17.4 Å². The summed E-state index contributed by atoms with van der Waals surface area (Å²) in [5.74, 6) is -0.501. The Morgan fingerprint density at radius 1 is 1.21 bits per heavy atom. The van der Waals surface area contributed by atoms with E-state index in [9.17, 15) is 14.0 Å². The summed E-state index contributed by atoms with van der Waals surface area (Å²) in [4.78, 5) is 24.7. The predicted octanol–water partition coefficient (Wildman–Crippen LogP) is 3.03. The third kappa shape index (κ3) is 2.41. The van der Waals surface area contributed by atoms with Crippen LogP contribution in [0, 0.1) is 23.1 Å². The maximum atomic E-state index is 14.0. The summed E-state index contributed by atoms with van der Waals surface area (Å²) in [6.45, 7) is 0. The van der Waals surface area contributed by atoms with Gasteiger partial charge in [0.25, 0.3) is 5.91 Å². The molecule has 1 aromatic carbocycles. The Labute approximate surface area is 144 Å². The fraction of sp³-hybridized carbons (Fsp3) is 0.556. The largest absolute Gasteiger partial charge is 0.369 e. The second-order valence-corrected chi connectivity index (χ2v) is 8.40. The third-order valence-electron chi connectivity index (χ3n) is 6.14. The Morgan fingerprint density at radius 2 is 1.88 bits per heavy atom. The van der Waals surface area contributed by atoms with Crippen LogP contribution >= 0.6 is 11.6 Å². The minimum Gasteiger partial charge on any atom is -0.369 e. The molecule has 1 aromatic rings. The van der Waals surface area contributed by atoms with Gasteiger partial charge in [0, 0.05) is 10.6 Å². The highest BCUT2D eigenvalue weighted by Gasteiger charge is 2.60. The fourth-order valence-corrected chi connectivity index (χ4v) is 5.85. The van der Waals surface area contributed by atoms with Gasteiger partial charge in [0.15, 0.2) is 0 Å². The average molecular weight is 351 g/mol. The molecule has 4 aliphatic rings. The van der Waals surface area contributed by atoms with Crippen molar-refractivity contribution in [3.63, 3.8) is 0 Å². The number of primary amides is 1. The monoisotopic (exact) mass is 350 g/mol. The summed E-state index contributed by atoms with van der Waals surface area (Å²) >= 11 is 5.89. The summed E-state index contributed by atoms with van der Waals surface area (Å²) in [5.41, 5.74) is 4.69. The molecular formula is C18H20ClFN2O2. The van der Waals surface area contributed by atoms with Crippen LogP contribution in [0.25, 0.3) is 0 Å². The zero-order valence-electron chi connectivity index (χ0n) is 13.3. The molecule has 4 fully saturated rings. The van der Waals surface area contributed by atoms with Gasteiger partial charge in [-0.25, -0.2) is 4.39 Å². The van der Waals surface area contributed by atoms with Crippen molar-refractivity contribution in [2.24, 2.45) is 23.0 Å². The Kier molecular flexibility index (Phi) is 3.43. The molecule has 2 atom stereocenters. The second-order valence-electron chi connectivity index (χ2n) is 7.96. The van der Waals surface area contributed by atoms with E-state index in [1.54, 1.807) is 0 Å². The fourth-order valence-electron chi connectivity index (χ4n) is 5.68. The molecule has 4 bridgehead atoms. The highest BCUT2D eigenvalue weighted by Crippen LogP contribution is 2.61. The lowest BCUT2D eigenvalue weighted by Crippen LogP contribution is -2.65. The molecule has 4 nitrogen and oxygen atoms in total. The first-order valence-electron chi connectivity index (χ1n) is 8.38. The highest BCUT2D eigenvalue weighted by molar-refractivity contribution is 6.31. The molecule has 0 radical (unpaired) electrons. The van der Waals surface area contributed by atoms with Crippen molar-refractivity contribution in [1.82, 2.24) is 5.32 Å². The van der Waals surface area contributed by atoms with E-state index in [0.717, 1.165) is 32.1 Å². The number of hydrogen-bond acceptors (Lipinski definition) is 2. The molecule has 0 spiro atoms. The van der Waals surface area contributed by atoms with Crippen molar-refractivity contribution in [3.8, 4) is 0 Å². The molecule has 128 valence electrons. The number of rotatable bonds is 3. The summed E-state index contributed by atoms with van der Waals surface area (Å²) < 4.78 is 14.0. The minimum atomic E-state index is -0.591. The van der Waals surface area contributed by atoms with Crippen molar-refractivity contribution in [1.29, 1.82) is 0 Å². The van der Waals surface area contributed by atoms with E-state index < -0.39 is 22.7 Å². The summed E-state index contributed by atoms with van der Waals surface area (Å²) in [6, 6.07) is 3.96. The van der Waals surface area contributed by atoms with Crippen LogP contribution < -0.4 is 11.1 Å². The zero-order valence-corrected chi connectivity index (χ0v) is 14.0. The van der Waals surface area contributed by atoms with Gasteiger partial charge in [-0.05, 0) is 68.6 Å². The summed E-state index contributed by atoms with van der Waals surface area (Å²) in [7, 11) is 0. The predicted molar refractivity (Wildman–Crippen MR) is 87.9 cm³/mol. The quantitative estimate of drug-likeness (QED) is 0.879. The Bertz CT molecular complexity index is 722. The third-order valence-corrected chi connectivity index (χ3v) is 6.37. The molecule has 0 heterocycles. The molecule has 2 amide bonds. The number of carbonyl (C=O) groups is 2. The molecule has 0 aromatic heterocycles. The van der Waals surface area contributed by atoms with Gasteiger partial charge in [0.05, 0.1) is 11.0 Å². The molecule has 2 unspecified atom stereocenters. The number of benzene rings is 1. The van der Waals surface area contributed by atoms with E-state index >= 15 is 0 Å². The van der Waals surface area contributed by atoms with Crippen molar-refractivity contribution in [2.45, 2.75) is 44.1 Å². The number of amides is 2. The molecule has 6 heteroatoms. The first-order valence-corrected chi connectivity index (χ1v) is 8.76. The minimum absolute atomic E-state index is 0.0497. The van der Waals surface area contributed by atoms with Crippen LogP contribution in [0.4, 0.5) is 4.39 Å². The van der Waals surface area contributed by atoms with Crippen LogP contribution in [0.15, 0.2) is 18.2 Å². The lowest BCUT2D eigenvalue weighted by molar-refractivity contribution is -0.146. The number of nitrogens with two attached hydrogens (primary N) is 1. The molecular weight excluding hydrogens is 331 g/mol. The van der Waals surface area contributed by atoms with Crippen LogP contribution in [-0.2, 0) is 4.79 Å². The molecule has 4 aliphatic carbocycles. The topological polar surface area (TPSA) is 72.2 Å². The summed E-state index contributed by atoms with van der Waals surface area (Å²) in [6.07, 6.45) is 4.98.